The number of aryl methyl sites for hydroxylation is 1. The molecule has 0 radical (unpaired) electrons. The van der Waals surface area contributed by atoms with Gasteiger partial charge < -0.3 is 15.3 Å². The van der Waals surface area contributed by atoms with Gasteiger partial charge in [0, 0.05) is 37.5 Å². The maximum atomic E-state index is 12.5. The Labute approximate surface area is 167 Å². The number of carbonyl (C=O) groups excluding carboxylic acids is 1. The van der Waals surface area contributed by atoms with Crippen LogP contribution < -0.4 is 5.32 Å². The molecule has 1 heterocycles. The number of anilines is 1. The second-order valence-corrected chi connectivity index (χ2v) is 9.70. The first-order chi connectivity index (χ1) is 12.8. The Morgan fingerprint density at radius 2 is 2.00 bits per heavy atom. The molecule has 1 aliphatic carbocycles. The minimum atomic E-state index is -0.0363. The molecule has 150 valence electrons. The molecule has 1 aliphatic rings. The van der Waals surface area contributed by atoms with Gasteiger partial charge in [-0.1, -0.05) is 27.2 Å². The fourth-order valence-corrected chi connectivity index (χ4v) is 4.89. The minimum Gasteiger partial charge on any atom is -0.396 e. The second kappa shape index (κ2) is 10.2. The smallest absolute Gasteiger partial charge is 0.226 e. The molecule has 0 aliphatic heterocycles. The van der Waals surface area contributed by atoms with Gasteiger partial charge >= 0.3 is 0 Å². The van der Waals surface area contributed by atoms with Crippen LogP contribution in [0.1, 0.15) is 68.9 Å². The molecule has 0 unspecified atom stereocenters. The lowest BCUT2D eigenvalue weighted by Crippen LogP contribution is -2.36. The minimum absolute atomic E-state index is 0.0363. The van der Waals surface area contributed by atoms with Crippen LogP contribution in [-0.4, -0.2) is 42.2 Å². The van der Waals surface area contributed by atoms with Crippen molar-refractivity contribution in [2.45, 2.75) is 65.7 Å². The number of thiophene rings is 1. The molecule has 5 nitrogen and oxygen atoms in total. The zero-order chi connectivity index (χ0) is 19.9. The molecular formula is C21H33N3O2S. The summed E-state index contributed by atoms with van der Waals surface area (Å²) in [6, 6.07) is 2.32. The van der Waals surface area contributed by atoms with Gasteiger partial charge in [0.1, 0.15) is 11.1 Å². The van der Waals surface area contributed by atoms with Crippen molar-refractivity contribution in [3.63, 3.8) is 0 Å². The highest BCUT2D eigenvalue weighted by Crippen LogP contribution is 2.37. The van der Waals surface area contributed by atoms with Gasteiger partial charge in [-0.25, -0.2) is 0 Å². The van der Waals surface area contributed by atoms with Crippen molar-refractivity contribution in [3.8, 4) is 6.07 Å². The first-order valence-electron chi connectivity index (χ1n) is 10.0. The number of hydrogen-bond acceptors (Lipinski definition) is 5. The topological polar surface area (TPSA) is 76.4 Å². The van der Waals surface area contributed by atoms with Crippen LogP contribution in [0.3, 0.4) is 0 Å². The Hall–Kier alpha value is -1.42. The molecule has 0 atom stereocenters. The number of nitrogens with one attached hydrogen (secondary N) is 1. The second-order valence-electron chi connectivity index (χ2n) is 8.59. The zero-order valence-electron chi connectivity index (χ0n) is 16.9. The molecule has 27 heavy (non-hydrogen) atoms. The maximum absolute atomic E-state index is 12.5. The Morgan fingerprint density at radius 1 is 1.26 bits per heavy atom. The number of nitriles is 1. The van der Waals surface area contributed by atoms with Gasteiger partial charge in [-0.3, -0.25) is 4.79 Å². The summed E-state index contributed by atoms with van der Waals surface area (Å²) >= 11 is 1.59. The molecular weight excluding hydrogens is 358 g/mol. The molecule has 0 spiro atoms. The summed E-state index contributed by atoms with van der Waals surface area (Å²) in [6.07, 6.45) is 6.58. The number of fused-ring (bicyclic) bond motifs is 1. The lowest BCUT2D eigenvalue weighted by atomic mass is 9.96. The molecule has 1 amide bonds. The summed E-state index contributed by atoms with van der Waals surface area (Å²) < 4.78 is 0. The number of nitrogens with zero attached hydrogens (tertiary/aromatic N) is 2. The molecule has 0 bridgehead atoms. The molecule has 6 heteroatoms. The maximum Gasteiger partial charge on any atom is 0.226 e. The van der Waals surface area contributed by atoms with E-state index in [1.54, 1.807) is 11.3 Å². The SMILES string of the molecule is CC(C)(C)CN(CCCO)CCC(=O)Nc1sc2c(c1C#N)CCCCC2. The number of amides is 1. The van der Waals surface area contributed by atoms with Gasteiger partial charge in [-0.15, -0.1) is 11.3 Å². The van der Waals surface area contributed by atoms with Gasteiger partial charge in [-0.05, 0) is 43.1 Å². The van der Waals surface area contributed by atoms with Gasteiger partial charge in [0.15, 0.2) is 0 Å². The zero-order valence-corrected chi connectivity index (χ0v) is 17.8. The van der Waals surface area contributed by atoms with E-state index in [1.165, 1.54) is 17.7 Å². The van der Waals surface area contributed by atoms with E-state index in [9.17, 15) is 10.1 Å². The van der Waals surface area contributed by atoms with E-state index in [0.717, 1.165) is 42.9 Å². The van der Waals surface area contributed by atoms with E-state index in [4.69, 9.17) is 5.11 Å². The fraction of sp³-hybridized carbons (Fsp3) is 0.714. The molecule has 0 fully saturated rings. The molecule has 0 saturated heterocycles. The van der Waals surface area contributed by atoms with Crippen molar-refractivity contribution in [3.05, 3.63) is 16.0 Å². The van der Waals surface area contributed by atoms with Crippen LogP contribution in [0.4, 0.5) is 5.00 Å². The largest absolute Gasteiger partial charge is 0.396 e. The number of rotatable bonds is 8. The first kappa shape index (κ1) is 21.9. The number of hydrogen-bond donors (Lipinski definition) is 2. The lowest BCUT2D eigenvalue weighted by Gasteiger charge is -2.29. The van der Waals surface area contributed by atoms with Crippen molar-refractivity contribution in [2.75, 3.05) is 31.6 Å². The van der Waals surface area contributed by atoms with Crippen LogP contribution in [0.15, 0.2) is 0 Å². The van der Waals surface area contributed by atoms with Crippen molar-refractivity contribution in [1.82, 2.24) is 4.90 Å². The molecule has 0 aromatic carbocycles. The van der Waals surface area contributed by atoms with E-state index in [1.807, 2.05) is 0 Å². The Kier molecular flexibility index (Phi) is 8.28. The summed E-state index contributed by atoms with van der Waals surface area (Å²) in [6.45, 7) is 9.04. The predicted molar refractivity (Wildman–Crippen MR) is 111 cm³/mol. The van der Waals surface area contributed by atoms with Crippen molar-refractivity contribution in [1.29, 1.82) is 5.26 Å². The number of aliphatic hydroxyl groups excluding tert-OH is 1. The molecule has 1 aromatic heterocycles. The summed E-state index contributed by atoms with van der Waals surface area (Å²) in [7, 11) is 0. The molecule has 1 aromatic rings. The average molecular weight is 392 g/mol. The van der Waals surface area contributed by atoms with Gasteiger partial charge in [-0.2, -0.15) is 5.26 Å². The highest BCUT2D eigenvalue weighted by atomic mass is 32.1. The highest BCUT2D eigenvalue weighted by Gasteiger charge is 2.22. The first-order valence-corrected chi connectivity index (χ1v) is 10.8. The molecule has 0 saturated carbocycles. The normalized spacial score (nSPS) is 14.5. The van der Waals surface area contributed by atoms with Crippen molar-refractivity contribution < 1.29 is 9.90 Å². The number of carbonyl (C=O) groups is 1. The Morgan fingerprint density at radius 3 is 2.67 bits per heavy atom. The van der Waals surface area contributed by atoms with Crippen LogP contribution in [0.2, 0.25) is 0 Å². The van der Waals surface area contributed by atoms with E-state index < -0.39 is 0 Å². The lowest BCUT2D eigenvalue weighted by molar-refractivity contribution is -0.116. The van der Waals surface area contributed by atoms with E-state index in [2.05, 4.69) is 37.1 Å². The van der Waals surface area contributed by atoms with Crippen LogP contribution >= 0.6 is 11.3 Å². The van der Waals surface area contributed by atoms with Gasteiger partial charge in [0.2, 0.25) is 5.91 Å². The van der Waals surface area contributed by atoms with Crippen LogP contribution in [-0.2, 0) is 17.6 Å². The van der Waals surface area contributed by atoms with Crippen molar-refractivity contribution in [2.24, 2.45) is 5.41 Å². The third-order valence-electron chi connectivity index (χ3n) is 4.77. The third-order valence-corrected chi connectivity index (χ3v) is 5.98. The highest BCUT2D eigenvalue weighted by molar-refractivity contribution is 7.16. The van der Waals surface area contributed by atoms with Crippen LogP contribution in [0.25, 0.3) is 0 Å². The van der Waals surface area contributed by atoms with E-state index in [0.29, 0.717) is 24.9 Å². The summed E-state index contributed by atoms with van der Waals surface area (Å²) in [5.74, 6) is -0.0363. The van der Waals surface area contributed by atoms with E-state index in [-0.39, 0.29) is 17.9 Å². The fourth-order valence-electron chi connectivity index (χ4n) is 3.63. The van der Waals surface area contributed by atoms with Gasteiger partial charge in [0.25, 0.3) is 0 Å². The predicted octanol–water partition coefficient (Wildman–Crippen LogP) is 3.95. The summed E-state index contributed by atoms with van der Waals surface area (Å²) in [5.41, 5.74) is 1.98. The van der Waals surface area contributed by atoms with Crippen molar-refractivity contribution >= 4 is 22.2 Å². The Bertz CT molecular complexity index is 670. The molecule has 2 N–H and O–H groups in total. The van der Waals surface area contributed by atoms with Crippen LogP contribution in [0, 0.1) is 16.7 Å². The summed E-state index contributed by atoms with van der Waals surface area (Å²) in [5, 5.41) is 22.4. The summed E-state index contributed by atoms with van der Waals surface area (Å²) in [4.78, 5) is 16.0. The molecule has 2 rings (SSSR count). The average Bonchev–Trinajstić information content (AvgIpc) is 2.76. The third kappa shape index (κ3) is 6.91. The monoisotopic (exact) mass is 391 g/mol. The van der Waals surface area contributed by atoms with Gasteiger partial charge in [0.05, 0.1) is 5.56 Å². The number of aliphatic hydroxyl groups is 1. The van der Waals surface area contributed by atoms with E-state index >= 15 is 0 Å². The van der Waals surface area contributed by atoms with Crippen LogP contribution in [0.5, 0.6) is 0 Å². The quantitative estimate of drug-likeness (QED) is 0.658. The standard InChI is InChI=1S/C21H33N3O2S/c1-21(2,3)15-24(11-7-13-25)12-10-19(26)23-20-17(14-22)16-8-5-4-6-9-18(16)27-20/h25H,4-13,15H2,1-3H3,(H,23,26). The Balaban J connectivity index is 1.97.